The van der Waals surface area contributed by atoms with Crippen LogP contribution in [0, 0.1) is 0 Å². The predicted octanol–water partition coefficient (Wildman–Crippen LogP) is 9.90. The number of hydrogen-bond donors (Lipinski definition) is 0. The lowest BCUT2D eigenvalue weighted by Crippen LogP contribution is -2.54. The number of rotatable bonds is 3. The lowest BCUT2D eigenvalue weighted by Gasteiger charge is -2.38. The number of benzene rings is 6. The molecule has 2 heteroatoms. The van der Waals surface area contributed by atoms with E-state index in [2.05, 4.69) is 180 Å². The monoisotopic (exact) mass is 593 g/mol. The molecule has 0 radical (unpaired) electrons. The smallest absolute Gasteiger partial charge is 0.248 e. The summed E-state index contributed by atoms with van der Waals surface area (Å²) in [6.07, 6.45) is 0. The van der Waals surface area contributed by atoms with Crippen molar-refractivity contribution >= 4 is 40.2 Å². The molecule has 0 atom stereocenters. The van der Waals surface area contributed by atoms with Crippen molar-refractivity contribution in [2.24, 2.45) is 0 Å². The second-order valence-electron chi connectivity index (χ2n) is 15.1. The van der Waals surface area contributed by atoms with Gasteiger partial charge in [0.2, 0.25) is 6.71 Å². The maximum atomic E-state index is 2.56. The van der Waals surface area contributed by atoms with Crippen molar-refractivity contribution in [3.8, 4) is 33.4 Å². The molecule has 1 nitrogen and oxygen atoms in total. The molecular weight excluding hydrogens is 553 g/mol. The number of nitrogens with zero attached hydrogens (tertiary/aromatic N) is 1. The summed E-state index contributed by atoms with van der Waals surface area (Å²) in [4.78, 5) is 2.56. The Labute approximate surface area is 274 Å². The fraction of sp³-hybridized carbons (Fsp3) is 0.182. The quantitative estimate of drug-likeness (QED) is 0.184. The second kappa shape index (κ2) is 10.4. The fourth-order valence-electron chi connectivity index (χ4n) is 7.46. The highest BCUT2D eigenvalue weighted by atomic mass is 15.2. The lowest BCUT2D eigenvalue weighted by atomic mass is 9.37. The Kier molecular flexibility index (Phi) is 6.45. The van der Waals surface area contributed by atoms with Crippen LogP contribution in [0.1, 0.15) is 52.7 Å². The van der Waals surface area contributed by atoms with Gasteiger partial charge in [0, 0.05) is 17.1 Å². The Morgan fingerprint density at radius 3 is 1.85 bits per heavy atom. The van der Waals surface area contributed by atoms with E-state index in [-0.39, 0.29) is 17.5 Å². The highest BCUT2D eigenvalue weighted by molar-refractivity contribution is 7.01. The van der Waals surface area contributed by atoms with Crippen molar-refractivity contribution < 1.29 is 0 Å². The molecule has 0 saturated heterocycles. The molecule has 0 bridgehead atoms. The Balaban J connectivity index is 1.43. The van der Waals surface area contributed by atoms with Gasteiger partial charge in [0.25, 0.3) is 0 Å². The van der Waals surface area contributed by atoms with Crippen LogP contribution < -0.4 is 21.3 Å². The van der Waals surface area contributed by atoms with Gasteiger partial charge in [-0.2, -0.15) is 0 Å². The minimum absolute atomic E-state index is 0.0344. The number of hydrogen-bond acceptors (Lipinski definition) is 1. The summed E-state index contributed by atoms with van der Waals surface area (Å²) in [6, 6.07) is 50.1. The van der Waals surface area contributed by atoms with Gasteiger partial charge in [-0.15, -0.1) is 0 Å². The van der Waals surface area contributed by atoms with Crippen molar-refractivity contribution in [1.82, 2.24) is 0 Å². The third-order valence-electron chi connectivity index (χ3n) is 9.97. The molecule has 0 unspecified atom stereocenters. The first-order chi connectivity index (χ1) is 22.1. The van der Waals surface area contributed by atoms with E-state index in [1.807, 2.05) is 0 Å². The average molecular weight is 594 g/mol. The summed E-state index contributed by atoms with van der Waals surface area (Å²) >= 11 is 0. The summed E-state index contributed by atoms with van der Waals surface area (Å²) in [5.41, 5.74) is 18.4. The third kappa shape index (κ3) is 4.62. The molecule has 0 amide bonds. The van der Waals surface area contributed by atoms with Crippen LogP contribution in [0.4, 0.5) is 17.1 Å². The average Bonchev–Trinajstić information content (AvgIpc) is 3.39. The van der Waals surface area contributed by atoms with Crippen LogP contribution in [0.2, 0.25) is 0 Å². The summed E-state index contributed by atoms with van der Waals surface area (Å²) in [7, 11) is 0. The molecule has 46 heavy (non-hydrogen) atoms. The highest BCUT2D eigenvalue weighted by Crippen LogP contribution is 2.44. The molecule has 0 spiro atoms. The minimum atomic E-state index is 0.0344. The first kappa shape index (κ1) is 28.6. The van der Waals surface area contributed by atoms with Crippen LogP contribution in [0.25, 0.3) is 33.4 Å². The fourth-order valence-corrected chi connectivity index (χ4v) is 7.46. The van der Waals surface area contributed by atoms with Crippen LogP contribution in [0.5, 0.6) is 0 Å². The largest absolute Gasteiger partial charge is 0.311 e. The van der Waals surface area contributed by atoms with E-state index < -0.39 is 0 Å². The second-order valence-corrected chi connectivity index (χ2v) is 15.1. The van der Waals surface area contributed by atoms with Gasteiger partial charge in [0.15, 0.2) is 0 Å². The zero-order valence-electron chi connectivity index (χ0n) is 27.7. The van der Waals surface area contributed by atoms with Gasteiger partial charge in [0.1, 0.15) is 0 Å². The lowest BCUT2D eigenvalue weighted by molar-refractivity contribution is 0.590. The molecule has 6 aromatic carbocycles. The van der Waals surface area contributed by atoms with E-state index >= 15 is 0 Å². The summed E-state index contributed by atoms with van der Waals surface area (Å²) in [5, 5.41) is 0. The molecule has 0 saturated carbocycles. The van der Waals surface area contributed by atoms with Crippen LogP contribution in [0.15, 0.2) is 133 Å². The van der Waals surface area contributed by atoms with Crippen molar-refractivity contribution in [3.63, 3.8) is 0 Å². The molecule has 0 aromatic heterocycles. The standard InChI is InChI=1S/C44H40BN/c1-43(2,3)33-18-13-19-35(27-33)46-40-28-34(44(4,5)6)22-23-39(40)45-38-21-11-10-20-36(38)37-25-32(26-41(46)42(37)45)31-17-12-16-30(24-31)29-14-8-7-9-15-29/h7-28H,1-6H3. The Hall–Kier alpha value is -4.82. The molecule has 0 N–H and O–H groups in total. The van der Waals surface area contributed by atoms with Gasteiger partial charge in [0.05, 0.1) is 0 Å². The van der Waals surface area contributed by atoms with Crippen molar-refractivity contribution in [2.45, 2.75) is 52.4 Å². The topological polar surface area (TPSA) is 3.24 Å². The van der Waals surface area contributed by atoms with E-state index in [1.165, 1.54) is 78.0 Å². The third-order valence-corrected chi connectivity index (χ3v) is 9.97. The Bertz CT molecular complexity index is 2130. The molecule has 8 rings (SSSR count). The first-order valence-electron chi connectivity index (χ1n) is 16.6. The highest BCUT2D eigenvalue weighted by Gasteiger charge is 2.43. The van der Waals surface area contributed by atoms with Crippen LogP contribution >= 0.6 is 0 Å². The first-order valence-corrected chi connectivity index (χ1v) is 16.6. The Morgan fingerprint density at radius 2 is 1.09 bits per heavy atom. The zero-order valence-corrected chi connectivity index (χ0v) is 27.7. The summed E-state index contributed by atoms with van der Waals surface area (Å²) < 4.78 is 0. The van der Waals surface area contributed by atoms with Crippen molar-refractivity contribution in [3.05, 3.63) is 145 Å². The van der Waals surface area contributed by atoms with E-state index in [0.29, 0.717) is 0 Å². The van der Waals surface area contributed by atoms with E-state index in [9.17, 15) is 0 Å². The molecular formula is C44H40BN. The minimum Gasteiger partial charge on any atom is -0.311 e. The molecule has 224 valence electrons. The molecule has 6 aromatic rings. The predicted molar refractivity (Wildman–Crippen MR) is 199 cm³/mol. The molecule has 0 fully saturated rings. The molecule has 0 aliphatic carbocycles. The van der Waals surface area contributed by atoms with Crippen LogP contribution in [0.3, 0.4) is 0 Å². The molecule has 2 aliphatic heterocycles. The van der Waals surface area contributed by atoms with E-state index in [4.69, 9.17) is 0 Å². The maximum Gasteiger partial charge on any atom is 0.248 e. The Morgan fingerprint density at radius 1 is 0.435 bits per heavy atom. The zero-order chi connectivity index (χ0) is 31.8. The summed E-state index contributed by atoms with van der Waals surface area (Å²) in [6.45, 7) is 14.1. The molecule has 2 aliphatic rings. The number of fused-ring (bicyclic) bond motifs is 5. The van der Waals surface area contributed by atoms with E-state index in [1.54, 1.807) is 0 Å². The normalized spacial score (nSPS) is 13.3. The van der Waals surface area contributed by atoms with Crippen LogP contribution in [-0.2, 0) is 10.8 Å². The number of anilines is 3. The van der Waals surface area contributed by atoms with Gasteiger partial charge in [-0.1, -0.05) is 144 Å². The van der Waals surface area contributed by atoms with E-state index in [0.717, 1.165) is 0 Å². The molecule has 2 heterocycles. The van der Waals surface area contributed by atoms with Gasteiger partial charge in [-0.25, -0.2) is 0 Å². The van der Waals surface area contributed by atoms with Gasteiger partial charge in [-0.3, -0.25) is 0 Å². The maximum absolute atomic E-state index is 2.56. The van der Waals surface area contributed by atoms with Gasteiger partial charge >= 0.3 is 0 Å². The van der Waals surface area contributed by atoms with Crippen molar-refractivity contribution in [2.75, 3.05) is 4.90 Å². The van der Waals surface area contributed by atoms with Crippen molar-refractivity contribution in [1.29, 1.82) is 0 Å². The van der Waals surface area contributed by atoms with Gasteiger partial charge < -0.3 is 4.90 Å². The van der Waals surface area contributed by atoms with Crippen LogP contribution in [-0.4, -0.2) is 6.71 Å². The van der Waals surface area contributed by atoms with Gasteiger partial charge in [-0.05, 0) is 103 Å². The summed E-state index contributed by atoms with van der Waals surface area (Å²) in [5.74, 6) is 0. The SMILES string of the molecule is CC(C)(C)c1cccc(N2c3cc(C(C)(C)C)ccc3B3c4ccccc4-c4cc(-c5cccc(-c6ccccc6)c5)cc2c43)c1.